The first-order valence-corrected chi connectivity index (χ1v) is 10.0. The number of ether oxygens (including phenoxy) is 2. The molecule has 3 aromatic rings. The van der Waals surface area contributed by atoms with Crippen LogP contribution in [-0.4, -0.2) is 38.7 Å². The maximum absolute atomic E-state index is 12.9. The number of H-pyrrole nitrogens is 1. The minimum absolute atomic E-state index is 0.0359. The molecule has 1 aromatic heterocycles. The van der Waals surface area contributed by atoms with Crippen molar-refractivity contribution in [3.05, 3.63) is 70.6 Å². The first kappa shape index (κ1) is 20.9. The molecular formula is C19H18N4O6S. The van der Waals surface area contributed by atoms with E-state index in [1.54, 1.807) is 24.3 Å². The van der Waals surface area contributed by atoms with Crippen LogP contribution in [0.4, 0.5) is 11.4 Å². The van der Waals surface area contributed by atoms with Crippen LogP contribution in [0.25, 0.3) is 0 Å². The van der Waals surface area contributed by atoms with Crippen LogP contribution in [0.2, 0.25) is 0 Å². The molecule has 0 aliphatic rings. The molecule has 156 valence electrons. The third kappa shape index (κ3) is 4.75. The Labute approximate surface area is 171 Å². The Balaban J connectivity index is 1.88. The highest BCUT2D eigenvalue weighted by Gasteiger charge is 2.21. The van der Waals surface area contributed by atoms with E-state index in [9.17, 15) is 18.0 Å². The minimum atomic E-state index is -4.03. The van der Waals surface area contributed by atoms with Gasteiger partial charge in [-0.3, -0.25) is 14.3 Å². The van der Waals surface area contributed by atoms with Gasteiger partial charge >= 0.3 is 0 Å². The molecule has 0 aliphatic carbocycles. The average molecular weight is 430 g/mol. The van der Waals surface area contributed by atoms with Crippen molar-refractivity contribution >= 4 is 27.3 Å². The summed E-state index contributed by atoms with van der Waals surface area (Å²) in [6, 6.07) is 12.9. The lowest BCUT2D eigenvalue weighted by atomic mass is 10.3. The number of carbonyl (C=O) groups is 1. The second kappa shape index (κ2) is 8.66. The SMILES string of the molecule is COc1ccc(NS(=O)(=O)c2cc(NC(=O)c3ccc(=O)[nH]n3)ccc2OC)cc1. The second-order valence-corrected chi connectivity index (χ2v) is 7.61. The van der Waals surface area contributed by atoms with E-state index >= 15 is 0 Å². The highest BCUT2D eigenvalue weighted by Crippen LogP contribution is 2.29. The first-order valence-electron chi connectivity index (χ1n) is 8.54. The van der Waals surface area contributed by atoms with Crippen molar-refractivity contribution < 1.29 is 22.7 Å². The van der Waals surface area contributed by atoms with Crippen LogP contribution < -0.4 is 25.1 Å². The lowest BCUT2D eigenvalue weighted by Crippen LogP contribution is -2.18. The maximum Gasteiger partial charge on any atom is 0.276 e. The number of sulfonamides is 1. The summed E-state index contributed by atoms with van der Waals surface area (Å²) in [6.45, 7) is 0. The number of benzene rings is 2. The van der Waals surface area contributed by atoms with Gasteiger partial charge in [-0.25, -0.2) is 13.5 Å². The number of aromatic amines is 1. The largest absolute Gasteiger partial charge is 0.497 e. The van der Waals surface area contributed by atoms with Crippen molar-refractivity contribution in [3.8, 4) is 11.5 Å². The number of carbonyl (C=O) groups excluding carboxylic acids is 1. The highest BCUT2D eigenvalue weighted by atomic mass is 32.2. The van der Waals surface area contributed by atoms with E-state index in [1.165, 1.54) is 38.5 Å². The normalized spacial score (nSPS) is 10.9. The van der Waals surface area contributed by atoms with Crippen molar-refractivity contribution in [2.75, 3.05) is 24.3 Å². The van der Waals surface area contributed by atoms with Crippen molar-refractivity contribution in [2.24, 2.45) is 0 Å². The smallest absolute Gasteiger partial charge is 0.276 e. The zero-order valence-electron chi connectivity index (χ0n) is 16.0. The lowest BCUT2D eigenvalue weighted by molar-refractivity contribution is 0.102. The number of anilines is 2. The molecule has 2 aromatic carbocycles. The van der Waals surface area contributed by atoms with Crippen LogP contribution in [0.15, 0.2) is 64.3 Å². The second-order valence-electron chi connectivity index (χ2n) is 5.96. The standard InChI is InChI=1S/C19H18N4O6S/c1-28-14-6-3-12(4-7-14)23-30(26,27)17-11-13(5-9-16(17)29-2)20-19(25)15-8-10-18(24)22-21-15/h3-11,23H,1-2H3,(H,20,25)(H,22,24). The molecule has 11 heteroatoms. The molecule has 10 nitrogen and oxygen atoms in total. The Morgan fingerprint density at radius 2 is 1.67 bits per heavy atom. The quantitative estimate of drug-likeness (QED) is 0.520. The van der Waals surface area contributed by atoms with Gasteiger partial charge in [-0.15, -0.1) is 0 Å². The van der Waals surface area contributed by atoms with Crippen molar-refractivity contribution in [2.45, 2.75) is 4.90 Å². The van der Waals surface area contributed by atoms with Gasteiger partial charge in [0.2, 0.25) is 0 Å². The van der Waals surface area contributed by atoms with Crippen molar-refractivity contribution in [1.29, 1.82) is 0 Å². The van der Waals surface area contributed by atoms with Crippen molar-refractivity contribution in [1.82, 2.24) is 10.2 Å². The topological polar surface area (TPSA) is 139 Å². The van der Waals surface area contributed by atoms with Gasteiger partial charge in [0.1, 0.15) is 22.1 Å². The Morgan fingerprint density at radius 1 is 0.967 bits per heavy atom. The van der Waals surface area contributed by atoms with Crippen LogP contribution in [0.1, 0.15) is 10.5 Å². The summed E-state index contributed by atoms with van der Waals surface area (Å²) in [6.07, 6.45) is 0. The Kier molecular flexibility index (Phi) is 6.02. The number of aromatic nitrogens is 2. The fraction of sp³-hybridized carbons (Fsp3) is 0.105. The molecule has 0 radical (unpaired) electrons. The van der Waals surface area contributed by atoms with Crippen LogP contribution in [0.5, 0.6) is 11.5 Å². The van der Waals surface area contributed by atoms with Gasteiger partial charge in [0.15, 0.2) is 0 Å². The van der Waals surface area contributed by atoms with E-state index in [2.05, 4.69) is 20.2 Å². The van der Waals surface area contributed by atoms with Gasteiger partial charge < -0.3 is 14.8 Å². The molecule has 3 rings (SSSR count). The number of rotatable bonds is 7. The summed E-state index contributed by atoms with van der Waals surface area (Å²) in [4.78, 5) is 23.2. The van der Waals surface area contributed by atoms with E-state index in [0.717, 1.165) is 6.07 Å². The van der Waals surface area contributed by atoms with E-state index in [-0.39, 0.29) is 22.0 Å². The van der Waals surface area contributed by atoms with Gasteiger partial charge in [0, 0.05) is 17.4 Å². The molecule has 3 N–H and O–H groups in total. The third-order valence-corrected chi connectivity index (χ3v) is 5.37. The van der Waals surface area contributed by atoms with Gasteiger partial charge in [-0.1, -0.05) is 0 Å². The summed E-state index contributed by atoms with van der Waals surface area (Å²) in [5.74, 6) is 0.0511. The van der Waals surface area contributed by atoms with Crippen LogP contribution in [-0.2, 0) is 10.0 Å². The third-order valence-electron chi connectivity index (χ3n) is 3.97. The number of nitrogens with zero attached hydrogens (tertiary/aromatic N) is 1. The summed E-state index contributed by atoms with van der Waals surface area (Å²) >= 11 is 0. The number of amides is 1. The van der Waals surface area contributed by atoms with E-state index in [0.29, 0.717) is 11.4 Å². The summed E-state index contributed by atoms with van der Waals surface area (Å²) in [5.41, 5.74) is 0.0359. The first-order chi connectivity index (χ1) is 14.3. The molecule has 0 atom stereocenters. The fourth-order valence-corrected chi connectivity index (χ4v) is 3.75. The Morgan fingerprint density at radius 3 is 2.27 bits per heavy atom. The molecule has 1 amide bonds. The molecule has 0 saturated heterocycles. The van der Waals surface area contributed by atoms with E-state index < -0.39 is 21.5 Å². The molecule has 0 aliphatic heterocycles. The van der Waals surface area contributed by atoms with Gasteiger partial charge in [-0.05, 0) is 48.5 Å². The zero-order chi connectivity index (χ0) is 21.7. The number of methoxy groups -OCH3 is 2. The number of hydrogen-bond acceptors (Lipinski definition) is 7. The molecule has 0 fully saturated rings. The molecule has 0 unspecified atom stereocenters. The van der Waals surface area contributed by atoms with Gasteiger partial charge in [0.25, 0.3) is 21.5 Å². The van der Waals surface area contributed by atoms with Crippen LogP contribution in [0.3, 0.4) is 0 Å². The molecule has 30 heavy (non-hydrogen) atoms. The van der Waals surface area contributed by atoms with Crippen molar-refractivity contribution in [3.63, 3.8) is 0 Å². The summed E-state index contributed by atoms with van der Waals surface area (Å²) in [7, 11) is -1.19. The fourth-order valence-electron chi connectivity index (χ4n) is 2.50. The molecule has 0 bridgehead atoms. The summed E-state index contributed by atoms with van der Waals surface area (Å²) in [5, 5.41) is 8.32. The monoisotopic (exact) mass is 430 g/mol. The van der Waals surface area contributed by atoms with Crippen LogP contribution in [0, 0.1) is 0 Å². The summed E-state index contributed by atoms with van der Waals surface area (Å²) < 4.78 is 38.5. The predicted molar refractivity (Wildman–Crippen MR) is 110 cm³/mol. The molecular weight excluding hydrogens is 412 g/mol. The highest BCUT2D eigenvalue weighted by molar-refractivity contribution is 7.92. The molecule has 0 saturated carbocycles. The lowest BCUT2D eigenvalue weighted by Gasteiger charge is -2.14. The molecule has 1 heterocycles. The van der Waals surface area contributed by atoms with E-state index in [4.69, 9.17) is 9.47 Å². The zero-order valence-corrected chi connectivity index (χ0v) is 16.8. The van der Waals surface area contributed by atoms with E-state index in [1.807, 2.05) is 0 Å². The maximum atomic E-state index is 12.9. The molecule has 0 spiro atoms. The minimum Gasteiger partial charge on any atom is -0.497 e. The van der Waals surface area contributed by atoms with Gasteiger partial charge in [-0.2, -0.15) is 5.10 Å². The number of nitrogens with one attached hydrogen (secondary N) is 3. The number of hydrogen-bond donors (Lipinski definition) is 3. The van der Waals surface area contributed by atoms with Crippen LogP contribution >= 0.6 is 0 Å². The predicted octanol–water partition coefficient (Wildman–Crippen LogP) is 1.84. The Hall–Kier alpha value is -3.86. The average Bonchev–Trinajstić information content (AvgIpc) is 2.74. The van der Waals surface area contributed by atoms with Gasteiger partial charge in [0.05, 0.1) is 14.2 Å². The Bertz CT molecular complexity index is 1200.